The molecule has 0 radical (unpaired) electrons. The molecule has 5 heteroatoms. The number of benzene rings is 1. The molecule has 0 spiro atoms. The van der Waals surface area contributed by atoms with Crippen molar-refractivity contribution in [3.05, 3.63) is 64.9 Å². The summed E-state index contributed by atoms with van der Waals surface area (Å²) < 4.78 is 5.39. The summed E-state index contributed by atoms with van der Waals surface area (Å²) in [5.41, 5.74) is 3.20. The van der Waals surface area contributed by atoms with E-state index in [-0.39, 0.29) is 5.91 Å². The summed E-state index contributed by atoms with van der Waals surface area (Å²) in [4.78, 5) is 16.5. The molecule has 0 unspecified atom stereocenters. The minimum absolute atomic E-state index is 0.231. The Morgan fingerprint density at radius 1 is 1.20 bits per heavy atom. The fraction of sp³-hybridized carbons (Fsp3) is 0.200. The number of nitrogens with one attached hydrogen (secondary N) is 1. The molecule has 0 aliphatic rings. The number of anilines is 1. The third-order valence-corrected chi connectivity index (χ3v) is 4.53. The van der Waals surface area contributed by atoms with Crippen LogP contribution in [0.5, 0.6) is 0 Å². The van der Waals surface area contributed by atoms with Crippen LogP contribution in [-0.2, 0) is 4.79 Å². The Morgan fingerprint density at radius 3 is 2.60 bits per heavy atom. The predicted molar refractivity (Wildman–Crippen MR) is 103 cm³/mol. The molecule has 0 saturated carbocycles. The maximum absolute atomic E-state index is 12.0. The number of aryl methyl sites for hydroxylation is 1. The summed E-state index contributed by atoms with van der Waals surface area (Å²) in [7, 11) is 0. The molecular formula is C20H20N2O2S. The highest BCUT2D eigenvalue weighted by molar-refractivity contribution is 7.14. The molecule has 1 aromatic carbocycles. The maximum atomic E-state index is 12.0. The molecular weight excluding hydrogens is 332 g/mol. The summed E-state index contributed by atoms with van der Waals surface area (Å²) >= 11 is 1.41. The molecule has 25 heavy (non-hydrogen) atoms. The van der Waals surface area contributed by atoms with Crippen molar-refractivity contribution < 1.29 is 9.21 Å². The Hall–Kier alpha value is -2.66. The number of thiazole rings is 1. The normalized spacial score (nSPS) is 11.4. The average molecular weight is 352 g/mol. The van der Waals surface area contributed by atoms with Gasteiger partial charge >= 0.3 is 0 Å². The van der Waals surface area contributed by atoms with Gasteiger partial charge in [-0.05, 0) is 36.6 Å². The van der Waals surface area contributed by atoms with Gasteiger partial charge in [0.1, 0.15) is 11.5 Å². The zero-order valence-corrected chi connectivity index (χ0v) is 15.3. The first kappa shape index (κ1) is 17.2. The van der Waals surface area contributed by atoms with E-state index in [0.717, 1.165) is 17.0 Å². The van der Waals surface area contributed by atoms with Gasteiger partial charge in [-0.1, -0.05) is 38.1 Å². The molecule has 0 fully saturated rings. The second-order valence-corrected chi connectivity index (χ2v) is 6.94. The highest BCUT2D eigenvalue weighted by Gasteiger charge is 2.07. The summed E-state index contributed by atoms with van der Waals surface area (Å²) in [5.74, 6) is 1.74. The van der Waals surface area contributed by atoms with Gasteiger partial charge in [0.2, 0.25) is 5.91 Å². The number of nitrogens with zero attached hydrogens (tertiary/aromatic N) is 1. The monoisotopic (exact) mass is 352 g/mol. The van der Waals surface area contributed by atoms with E-state index in [1.807, 2.05) is 24.4 Å². The van der Waals surface area contributed by atoms with Crippen molar-refractivity contribution in [3.63, 3.8) is 0 Å². The molecule has 1 N–H and O–H groups in total. The average Bonchev–Trinajstić information content (AvgIpc) is 3.22. The molecule has 3 aromatic rings. The topological polar surface area (TPSA) is 55.1 Å². The summed E-state index contributed by atoms with van der Waals surface area (Å²) in [6.07, 6.45) is 3.08. The Labute approximate surface area is 151 Å². The van der Waals surface area contributed by atoms with E-state index in [1.54, 1.807) is 6.08 Å². The predicted octanol–water partition coefficient (Wildman–Crippen LogP) is 5.49. The van der Waals surface area contributed by atoms with Gasteiger partial charge in [-0.15, -0.1) is 11.3 Å². The fourth-order valence-electron chi connectivity index (χ4n) is 2.35. The SMILES string of the molecule is Cc1ccc(C=CC(=O)Nc2nc(-c3ccc(C(C)C)cc3)cs2)o1. The van der Waals surface area contributed by atoms with Crippen LogP contribution in [0.25, 0.3) is 17.3 Å². The Bertz CT molecular complexity index is 889. The first-order valence-corrected chi connectivity index (χ1v) is 9.00. The molecule has 2 heterocycles. The molecule has 3 rings (SSSR count). The van der Waals surface area contributed by atoms with Gasteiger partial charge in [0.15, 0.2) is 5.13 Å². The number of amides is 1. The van der Waals surface area contributed by atoms with Crippen LogP contribution in [0.2, 0.25) is 0 Å². The van der Waals surface area contributed by atoms with Crippen LogP contribution in [0.15, 0.2) is 52.3 Å². The highest BCUT2D eigenvalue weighted by Crippen LogP contribution is 2.26. The van der Waals surface area contributed by atoms with Gasteiger partial charge in [-0.3, -0.25) is 10.1 Å². The second kappa shape index (κ2) is 7.49. The number of rotatable bonds is 5. The zero-order chi connectivity index (χ0) is 17.8. The second-order valence-electron chi connectivity index (χ2n) is 6.09. The third-order valence-electron chi connectivity index (χ3n) is 3.77. The molecule has 1 amide bonds. The van der Waals surface area contributed by atoms with Crippen LogP contribution in [0.3, 0.4) is 0 Å². The van der Waals surface area contributed by atoms with E-state index < -0.39 is 0 Å². The van der Waals surface area contributed by atoms with E-state index in [1.165, 1.54) is 23.0 Å². The number of aromatic nitrogens is 1. The van der Waals surface area contributed by atoms with Crippen LogP contribution in [0, 0.1) is 6.92 Å². The van der Waals surface area contributed by atoms with Gasteiger partial charge in [0.05, 0.1) is 5.69 Å². The Morgan fingerprint density at radius 2 is 1.96 bits per heavy atom. The first-order valence-electron chi connectivity index (χ1n) is 8.12. The number of furan rings is 1. The van der Waals surface area contributed by atoms with Crippen molar-refractivity contribution >= 4 is 28.5 Å². The quantitative estimate of drug-likeness (QED) is 0.618. The minimum Gasteiger partial charge on any atom is -0.462 e. The molecule has 0 aliphatic heterocycles. The van der Waals surface area contributed by atoms with E-state index in [2.05, 4.69) is 48.4 Å². The van der Waals surface area contributed by atoms with E-state index in [0.29, 0.717) is 16.8 Å². The van der Waals surface area contributed by atoms with Gasteiger partial charge < -0.3 is 4.42 Å². The molecule has 0 bridgehead atoms. The molecule has 0 atom stereocenters. The van der Waals surface area contributed by atoms with E-state index >= 15 is 0 Å². The Balaban J connectivity index is 1.65. The van der Waals surface area contributed by atoms with Crippen molar-refractivity contribution in [1.82, 2.24) is 4.98 Å². The van der Waals surface area contributed by atoms with Gasteiger partial charge in [-0.25, -0.2) is 4.98 Å². The summed E-state index contributed by atoms with van der Waals surface area (Å²) in [5, 5.41) is 5.30. The molecule has 0 aliphatic carbocycles. The van der Waals surface area contributed by atoms with Crippen LogP contribution in [0.4, 0.5) is 5.13 Å². The first-order chi connectivity index (χ1) is 12.0. The van der Waals surface area contributed by atoms with Crippen molar-refractivity contribution in [3.8, 4) is 11.3 Å². The number of carbonyl (C=O) groups is 1. The molecule has 4 nitrogen and oxygen atoms in total. The van der Waals surface area contributed by atoms with E-state index in [9.17, 15) is 4.79 Å². The van der Waals surface area contributed by atoms with Crippen molar-refractivity contribution in [2.45, 2.75) is 26.7 Å². The zero-order valence-electron chi connectivity index (χ0n) is 14.4. The van der Waals surface area contributed by atoms with Gasteiger partial charge in [0.25, 0.3) is 0 Å². The smallest absolute Gasteiger partial charge is 0.250 e. The van der Waals surface area contributed by atoms with Gasteiger partial charge in [0, 0.05) is 17.0 Å². The van der Waals surface area contributed by atoms with Crippen LogP contribution in [-0.4, -0.2) is 10.9 Å². The number of hydrogen-bond donors (Lipinski definition) is 1. The largest absolute Gasteiger partial charge is 0.462 e. The Kier molecular flexibility index (Phi) is 5.14. The summed E-state index contributed by atoms with van der Waals surface area (Å²) in [6.45, 7) is 6.20. The van der Waals surface area contributed by atoms with Crippen LogP contribution < -0.4 is 5.32 Å². The molecule has 2 aromatic heterocycles. The molecule has 128 valence electrons. The third kappa shape index (κ3) is 4.45. The lowest BCUT2D eigenvalue weighted by Gasteiger charge is -2.05. The number of hydrogen-bond acceptors (Lipinski definition) is 4. The van der Waals surface area contributed by atoms with Gasteiger partial charge in [-0.2, -0.15) is 0 Å². The fourth-order valence-corrected chi connectivity index (χ4v) is 3.07. The van der Waals surface area contributed by atoms with Crippen molar-refractivity contribution in [1.29, 1.82) is 0 Å². The standard InChI is InChI=1S/C20H20N2O2S/c1-13(2)15-5-7-16(8-6-15)18-12-25-20(21-18)22-19(23)11-10-17-9-4-14(3)24-17/h4-13H,1-3H3,(H,21,22,23). The number of carbonyl (C=O) groups excluding carboxylic acids is 1. The summed E-state index contributed by atoms with van der Waals surface area (Å²) in [6, 6.07) is 12.0. The lowest BCUT2D eigenvalue weighted by molar-refractivity contribution is -0.111. The van der Waals surface area contributed by atoms with Crippen molar-refractivity contribution in [2.24, 2.45) is 0 Å². The molecule has 0 saturated heterocycles. The van der Waals surface area contributed by atoms with Crippen molar-refractivity contribution in [2.75, 3.05) is 5.32 Å². The highest BCUT2D eigenvalue weighted by atomic mass is 32.1. The maximum Gasteiger partial charge on any atom is 0.250 e. The minimum atomic E-state index is -0.231. The van der Waals surface area contributed by atoms with Crippen LogP contribution >= 0.6 is 11.3 Å². The lowest BCUT2D eigenvalue weighted by Crippen LogP contribution is -2.07. The van der Waals surface area contributed by atoms with E-state index in [4.69, 9.17) is 4.42 Å². The van der Waals surface area contributed by atoms with Crippen LogP contribution in [0.1, 0.15) is 36.8 Å². The lowest BCUT2D eigenvalue weighted by atomic mass is 10.0.